The van der Waals surface area contributed by atoms with E-state index in [1.54, 1.807) is 12.4 Å². The number of sulfonamides is 1. The molecule has 1 amide bonds. The van der Waals surface area contributed by atoms with Gasteiger partial charge in [-0.05, 0) is 66.8 Å². The predicted molar refractivity (Wildman–Crippen MR) is 128 cm³/mol. The van der Waals surface area contributed by atoms with Gasteiger partial charge in [0.25, 0.3) is 0 Å². The van der Waals surface area contributed by atoms with Gasteiger partial charge in [0, 0.05) is 44.5 Å². The third kappa shape index (κ3) is 5.51. The van der Waals surface area contributed by atoms with Crippen molar-refractivity contribution in [3.63, 3.8) is 0 Å². The van der Waals surface area contributed by atoms with E-state index < -0.39 is 15.8 Å². The number of piperidine rings is 1. The van der Waals surface area contributed by atoms with Crippen LogP contribution in [-0.4, -0.2) is 41.6 Å². The molecule has 3 aromatic rings. The first kappa shape index (κ1) is 24.0. The van der Waals surface area contributed by atoms with Gasteiger partial charge in [-0.3, -0.25) is 9.78 Å². The Labute approximate surface area is 200 Å². The van der Waals surface area contributed by atoms with Crippen molar-refractivity contribution < 1.29 is 17.6 Å². The Bertz CT molecular complexity index is 1230. The van der Waals surface area contributed by atoms with E-state index in [-0.39, 0.29) is 29.8 Å². The third-order valence-electron chi connectivity index (χ3n) is 6.28. The summed E-state index contributed by atoms with van der Waals surface area (Å²) in [7, 11) is -3.72. The summed E-state index contributed by atoms with van der Waals surface area (Å²) in [4.78, 5) is 19.7. The van der Waals surface area contributed by atoms with E-state index >= 15 is 0 Å². The summed E-state index contributed by atoms with van der Waals surface area (Å²) in [6.07, 6.45) is 4.34. The van der Waals surface area contributed by atoms with E-state index in [4.69, 9.17) is 0 Å². The molecule has 0 radical (unpaired) electrons. The van der Waals surface area contributed by atoms with Gasteiger partial charge in [-0.2, -0.15) is 4.31 Å². The number of aromatic nitrogens is 1. The molecule has 1 saturated heterocycles. The Hall–Kier alpha value is -3.10. The van der Waals surface area contributed by atoms with Crippen LogP contribution in [0.3, 0.4) is 0 Å². The van der Waals surface area contributed by atoms with Crippen molar-refractivity contribution in [1.29, 1.82) is 0 Å². The van der Waals surface area contributed by atoms with Gasteiger partial charge >= 0.3 is 0 Å². The lowest BCUT2D eigenvalue weighted by atomic mass is 9.95. The van der Waals surface area contributed by atoms with Gasteiger partial charge in [0.15, 0.2) is 0 Å². The first-order chi connectivity index (χ1) is 16.3. The standard InChI is InChI=1S/C26H28FN3O3S/c1-20-5-2-3-7-23(20)19-29(18-21-6-4-14-28-17-21)26(31)22-12-15-30(16-13-22)34(32,33)25-10-8-24(27)9-11-25/h2-11,14,17,22H,12-13,15-16,18-19H2,1H3. The summed E-state index contributed by atoms with van der Waals surface area (Å²) in [6, 6.07) is 16.6. The fraction of sp³-hybridized carbons (Fsp3) is 0.308. The van der Waals surface area contributed by atoms with Crippen LogP contribution in [0.4, 0.5) is 4.39 Å². The molecule has 0 spiro atoms. The van der Waals surface area contributed by atoms with Gasteiger partial charge in [-0.1, -0.05) is 30.3 Å². The monoisotopic (exact) mass is 481 g/mol. The minimum Gasteiger partial charge on any atom is -0.334 e. The third-order valence-corrected chi connectivity index (χ3v) is 8.20. The second-order valence-electron chi connectivity index (χ2n) is 8.61. The first-order valence-corrected chi connectivity index (χ1v) is 12.8. The average molecular weight is 482 g/mol. The van der Waals surface area contributed by atoms with E-state index in [0.29, 0.717) is 25.9 Å². The second kappa shape index (κ2) is 10.4. The lowest BCUT2D eigenvalue weighted by Crippen LogP contribution is -2.44. The molecule has 8 heteroatoms. The van der Waals surface area contributed by atoms with E-state index in [2.05, 4.69) is 4.98 Å². The smallest absolute Gasteiger partial charge is 0.243 e. The molecule has 1 aliphatic rings. The quantitative estimate of drug-likeness (QED) is 0.508. The number of hydrogen-bond acceptors (Lipinski definition) is 4. The number of aryl methyl sites for hydroxylation is 1. The number of carbonyl (C=O) groups is 1. The topological polar surface area (TPSA) is 70.6 Å². The first-order valence-electron chi connectivity index (χ1n) is 11.3. The molecule has 0 N–H and O–H groups in total. The Kier molecular flexibility index (Phi) is 7.38. The van der Waals surface area contributed by atoms with Gasteiger partial charge in [0.05, 0.1) is 4.90 Å². The minimum absolute atomic E-state index is 0.0194. The van der Waals surface area contributed by atoms with Gasteiger partial charge < -0.3 is 4.90 Å². The molecule has 0 bridgehead atoms. The molecule has 1 aliphatic heterocycles. The largest absolute Gasteiger partial charge is 0.334 e. The van der Waals surface area contributed by atoms with Crippen molar-refractivity contribution in [2.75, 3.05) is 13.1 Å². The van der Waals surface area contributed by atoms with E-state index in [1.165, 1.54) is 16.4 Å². The van der Waals surface area contributed by atoms with Gasteiger partial charge in [-0.15, -0.1) is 0 Å². The molecule has 0 unspecified atom stereocenters. The lowest BCUT2D eigenvalue weighted by molar-refractivity contribution is -0.138. The van der Waals surface area contributed by atoms with Gasteiger partial charge in [-0.25, -0.2) is 12.8 Å². The number of amides is 1. The maximum atomic E-state index is 13.6. The van der Waals surface area contributed by atoms with Crippen LogP contribution in [0.25, 0.3) is 0 Å². The summed E-state index contributed by atoms with van der Waals surface area (Å²) >= 11 is 0. The number of halogens is 1. The second-order valence-corrected chi connectivity index (χ2v) is 10.6. The number of rotatable bonds is 7. The van der Waals surface area contributed by atoms with Crippen molar-refractivity contribution in [2.45, 2.75) is 37.8 Å². The van der Waals surface area contributed by atoms with Crippen molar-refractivity contribution in [3.05, 3.63) is 95.6 Å². The molecule has 34 heavy (non-hydrogen) atoms. The molecule has 0 aliphatic carbocycles. The Balaban J connectivity index is 1.47. The molecular weight excluding hydrogens is 453 g/mol. The molecule has 2 heterocycles. The number of nitrogens with zero attached hydrogens (tertiary/aromatic N) is 3. The molecule has 2 aromatic carbocycles. The van der Waals surface area contributed by atoms with Crippen LogP contribution in [-0.2, 0) is 27.9 Å². The zero-order chi connectivity index (χ0) is 24.1. The van der Waals surface area contributed by atoms with Crippen LogP contribution in [0, 0.1) is 18.7 Å². The number of pyridine rings is 1. The van der Waals surface area contributed by atoms with Crippen LogP contribution in [0.5, 0.6) is 0 Å². The van der Waals surface area contributed by atoms with Crippen molar-refractivity contribution >= 4 is 15.9 Å². The molecule has 0 saturated carbocycles. The summed E-state index contributed by atoms with van der Waals surface area (Å²) in [6.45, 7) is 3.45. The molecule has 0 atom stereocenters. The van der Waals surface area contributed by atoms with Gasteiger partial charge in [0.2, 0.25) is 15.9 Å². The van der Waals surface area contributed by atoms with Gasteiger partial charge in [0.1, 0.15) is 5.82 Å². The summed E-state index contributed by atoms with van der Waals surface area (Å²) < 4.78 is 40.5. The molecular formula is C26H28FN3O3S. The minimum atomic E-state index is -3.72. The molecule has 1 aromatic heterocycles. The van der Waals surface area contributed by atoms with Crippen molar-refractivity contribution in [1.82, 2.24) is 14.2 Å². The highest BCUT2D eigenvalue weighted by Crippen LogP contribution is 2.27. The zero-order valence-corrected chi connectivity index (χ0v) is 19.9. The Morgan fingerprint density at radius 1 is 1.03 bits per heavy atom. The van der Waals surface area contributed by atoms with Crippen LogP contribution < -0.4 is 0 Å². The number of hydrogen-bond donors (Lipinski definition) is 0. The maximum Gasteiger partial charge on any atom is 0.243 e. The number of benzene rings is 2. The Morgan fingerprint density at radius 3 is 2.38 bits per heavy atom. The number of carbonyl (C=O) groups excluding carboxylic acids is 1. The van der Waals surface area contributed by atoms with Crippen LogP contribution >= 0.6 is 0 Å². The normalized spacial score (nSPS) is 15.2. The predicted octanol–water partition coefficient (Wildman–Crippen LogP) is 4.16. The Morgan fingerprint density at radius 2 is 1.74 bits per heavy atom. The molecule has 6 nitrogen and oxygen atoms in total. The molecule has 178 valence electrons. The van der Waals surface area contributed by atoms with Crippen LogP contribution in [0.1, 0.15) is 29.5 Å². The summed E-state index contributed by atoms with van der Waals surface area (Å²) in [5.74, 6) is -0.725. The van der Waals surface area contributed by atoms with Crippen molar-refractivity contribution in [3.8, 4) is 0 Å². The molecule has 1 fully saturated rings. The average Bonchev–Trinajstić information content (AvgIpc) is 2.85. The highest BCUT2D eigenvalue weighted by Gasteiger charge is 2.34. The zero-order valence-electron chi connectivity index (χ0n) is 19.1. The SMILES string of the molecule is Cc1ccccc1CN(Cc1cccnc1)C(=O)C1CCN(S(=O)(=O)c2ccc(F)cc2)CC1. The highest BCUT2D eigenvalue weighted by molar-refractivity contribution is 7.89. The van der Waals surface area contributed by atoms with Crippen LogP contribution in [0.2, 0.25) is 0 Å². The van der Waals surface area contributed by atoms with E-state index in [0.717, 1.165) is 28.8 Å². The molecule has 4 rings (SSSR count). The fourth-order valence-corrected chi connectivity index (χ4v) is 5.74. The fourth-order valence-electron chi connectivity index (χ4n) is 4.27. The van der Waals surface area contributed by atoms with E-state index in [1.807, 2.05) is 48.2 Å². The van der Waals surface area contributed by atoms with Crippen molar-refractivity contribution in [2.24, 2.45) is 5.92 Å². The lowest BCUT2D eigenvalue weighted by Gasteiger charge is -2.34. The van der Waals surface area contributed by atoms with Crippen LogP contribution in [0.15, 0.2) is 78.0 Å². The summed E-state index contributed by atoms with van der Waals surface area (Å²) in [5, 5.41) is 0. The maximum absolute atomic E-state index is 13.6. The van der Waals surface area contributed by atoms with E-state index in [9.17, 15) is 17.6 Å². The highest BCUT2D eigenvalue weighted by atomic mass is 32.2. The summed E-state index contributed by atoms with van der Waals surface area (Å²) in [5.41, 5.74) is 3.14.